The Morgan fingerprint density at radius 1 is 0.256 bits per heavy atom. The number of nitrogens with zero attached hydrogens (tertiary/aromatic N) is 3. The molecule has 0 amide bonds. The number of benzene rings is 12. The number of hydrogen-bond acceptors (Lipinski definition) is 4. The van der Waals surface area contributed by atoms with E-state index in [1.165, 1.54) is 79.8 Å². The molecule has 1 aliphatic rings. The summed E-state index contributed by atoms with van der Waals surface area (Å²) in [5, 5.41) is 7.25. The standard InChI is InChI=1S/C77H58N3OP/c81-82(65-24-10-3-11-25-65,66-26-12-4-13-27-66)67-50-44-59(45-51-67)73-70-30-16-14-28-68(70)72(69-29-15-17-31-71(69)73)58-40-46-63(47-41-58)77(52-18-5-19-53-77)64-48-42-62(43-49-64)76-79-74(60-36-32-56(33-37-60)54-20-6-1-7-21-54)78-75(80-76)61-38-34-57(35-39-61)55-22-8-2-9-23-55/h1-4,6-17,20-51H,5,18-19,52-53H2. The molecule has 1 saturated carbocycles. The van der Waals surface area contributed by atoms with Gasteiger partial charge < -0.3 is 4.57 Å². The van der Waals surface area contributed by atoms with Crippen LogP contribution in [0, 0.1) is 0 Å². The second-order valence-electron chi connectivity index (χ2n) is 21.7. The summed E-state index contributed by atoms with van der Waals surface area (Å²) >= 11 is 0. The molecule has 14 rings (SSSR count). The molecule has 82 heavy (non-hydrogen) atoms. The third kappa shape index (κ3) is 9.35. The molecule has 4 nitrogen and oxygen atoms in total. The number of rotatable bonds is 12. The summed E-state index contributed by atoms with van der Waals surface area (Å²) in [5.74, 6) is 1.92. The van der Waals surface area contributed by atoms with Gasteiger partial charge in [0.2, 0.25) is 0 Å². The maximum absolute atomic E-state index is 15.4. The fraction of sp³-hybridized carbons (Fsp3) is 0.0779. The van der Waals surface area contributed by atoms with Crippen LogP contribution in [-0.2, 0) is 9.98 Å². The quantitative estimate of drug-likeness (QED) is 0.0904. The van der Waals surface area contributed by atoms with Gasteiger partial charge in [-0.25, -0.2) is 15.0 Å². The first-order valence-corrected chi connectivity index (χ1v) is 30.3. The zero-order valence-electron chi connectivity index (χ0n) is 45.4. The average Bonchev–Trinajstić information content (AvgIpc) is 3.73. The zero-order chi connectivity index (χ0) is 54.9. The minimum absolute atomic E-state index is 0.142. The highest BCUT2D eigenvalue weighted by molar-refractivity contribution is 7.85. The van der Waals surface area contributed by atoms with Crippen molar-refractivity contribution in [3.05, 3.63) is 302 Å². The molecule has 12 aromatic carbocycles. The van der Waals surface area contributed by atoms with E-state index < -0.39 is 7.14 Å². The van der Waals surface area contributed by atoms with Crippen LogP contribution < -0.4 is 15.9 Å². The lowest BCUT2D eigenvalue weighted by atomic mass is 9.65. The summed E-state index contributed by atoms with van der Waals surface area (Å²) < 4.78 is 15.4. The second-order valence-corrected chi connectivity index (χ2v) is 24.4. The summed E-state index contributed by atoms with van der Waals surface area (Å²) in [6, 6.07) is 103. The average molecular weight is 1070 g/mol. The maximum Gasteiger partial charge on any atom is 0.171 e. The molecule has 5 heteroatoms. The van der Waals surface area contributed by atoms with Crippen molar-refractivity contribution in [2.45, 2.75) is 37.5 Å². The molecular weight excluding hydrogens is 1010 g/mol. The molecule has 0 spiro atoms. The van der Waals surface area contributed by atoms with Crippen LogP contribution in [0.1, 0.15) is 43.2 Å². The van der Waals surface area contributed by atoms with Crippen LogP contribution in [0.3, 0.4) is 0 Å². The van der Waals surface area contributed by atoms with Crippen molar-refractivity contribution >= 4 is 44.6 Å². The summed E-state index contributed by atoms with van der Waals surface area (Å²) in [6.45, 7) is 0. The molecular formula is C77H58N3OP. The Morgan fingerprint density at radius 2 is 0.524 bits per heavy atom. The molecule has 1 fully saturated rings. The van der Waals surface area contributed by atoms with Crippen LogP contribution in [-0.4, -0.2) is 15.0 Å². The van der Waals surface area contributed by atoms with Crippen molar-refractivity contribution in [2.24, 2.45) is 0 Å². The maximum atomic E-state index is 15.4. The van der Waals surface area contributed by atoms with E-state index in [0.717, 1.165) is 62.1 Å². The van der Waals surface area contributed by atoms with Gasteiger partial charge in [0.1, 0.15) is 0 Å². The molecule has 0 bridgehead atoms. The van der Waals surface area contributed by atoms with Crippen LogP contribution in [0.5, 0.6) is 0 Å². The molecule has 1 aromatic heterocycles. The van der Waals surface area contributed by atoms with E-state index in [1.807, 2.05) is 72.8 Å². The monoisotopic (exact) mass is 1070 g/mol. The van der Waals surface area contributed by atoms with E-state index in [4.69, 9.17) is 15.0 Å². The van der Waals surface area contributed by atoms with Crippen LogP contribution in [0.25, 0.3) is 100 Å². The summed E-state index contributed by atoms with van der Waals surface area (Å²) in [7, 11) is -3.13. The highest BCUT2D eigenvalue weighted by atomic mass is 31.2. The molecule has 392 valence electrons. The first kappa shape index (κ1) is 50.6. The third-order valence-electron chi connectivity index (χ3n) is 17.0. The normalized spacial score (nSPS) is 13.3. The molecule has 13 aromatic rings. The lowest BCUT2D eigenvalue weighted by molar-refractivity contribution is 0.346. The molecule has 0 aliphatic heterocycles. The van der Waals surface area contributed by atoms with E-state index in [9.17, 15) is 0 Å². The minimum Gasteiger partial charge on any atom is -0.309 e. The van der Waals surface area contributed by atoms with Gasteiger partial charge in [-0.1, -0.05) is 310 Å². The van der Waals surface area contributed by atoms with Crippen LogP contribution in [0.15, 0.2) is 291 Å². The largest absolute Gasteiger partial charge is 0.309 e. The Kier molecular flexibility index (Phi) is 13.5. The summed E-state index contributed by atoms with van der Waals surface area (Å²) in [6.07, 6.45) is 5.73. The van der Waals surface area contributed by atoms with Gasteiger partial charge in [-0.3, -0.25) is 0 Å². The van der Waals surface area contributed by atoms with E-state index in [-0.39, 0.29) is 5.41 Å². The second kappa shape index (κ2) is 21.8. The van der Waals surface area contributed by atoms with Gasteiger partial charge in [0, 0.05) is 38.0 Å². The summed E-state index contributed by atoms with van der Waals surface area (Å²) in [4.78, 5) is 15.5. The van der Waals surface area contributed by atoms with Crippen LogP contribution >= 0.6 is 7.14 Å². The summed E-state index contributed by atoms with van der Waals surface area (Å²) in [5.41, 5.74) is 14.7. The minimum atomic E-state index is -3.13. The van der Waals surface area contributed by atoms with Gasteiger partial charge in [0.25, 0.3) is 0 Å². The zero-order valence-corrected chi connectivity index (χ0v) is 46.3. The van der Waals surface area contributed by atoms with Crippen molar-refractivity contribution in [1.29, 1.82) is 0 Å². The predicted molar refractivity (Wildman–Crippen MR) is 343 cm³/mol. The van der Waals surface area contributed by atoms with Crippen LogP contribution in [0.2, 0.25) is 0 Å². The van der Waals surface area contributed by atoms with E-state index >= 15 is 4.57 Å². The SMILES string of the molecule is O=P(c1ccccc1)(c1ccccc1)c1ccc(-c2c3ccccc3c(-c3ccc(C4(c5ccc(-c6nc(-c7ccc(-c8ccccc8)cc7)nc(-c7ccc(-c8ccccc8)cc7)n6)cc5)CCCCC4)cc3)c3ccccc23)cc1. The number of hydrogen-bond donors (Lipinski definition) is 0. The smallest absolute Gasteiger partial charge is 0.171 e. The van der Waals surface area contributed by atoms with Gasteiger partial charge >= 0.3 is 0 Å². The Balaban J connectivity index is 0.808. The molecule has 0 radical (unpaired) electrons. The van der Waals surface area contributed by atoms with E-state index in [2.05, 4.69) is 218 Å². The molecule has 1 aliphatic carbocycles. The predicted octanol–water partition coefficient (Wildman–Crippen LogP) is 18.7. The van der Waals surface area contributed by atoms with Gasteiger partial charge in [-0.05, 0) is 90.0 Å². The van der Waals surface area contributed by atoms with E-state index in [0.29, 0.717) is 17.5 Å². The fourth-order valence-electron chi connectivity index (χ4n) is 12.8. The fourth-order valence-corrected chi connectivity index (χ4v) is 15.4. The molecule has 0 unspecified atom stereocenters. The topological polar surface area (TPSA) is 55.7 Å². The van der Waals surface area contributed by atoms with Crippen LogP contribution in [0.4, 0.5) is 0 Å². The Morgan fingerprint density at radius 3 is 0.890 bits per heavy atom. The highest BCUT2D eigenvalue weighted by Gasteiger charge is 2.36. The lowest BCUT2D eigenvalue weighted by Crippen LogP contribution is -2.30. The molecule has 0 atom stereocenters. The molecule has 0 saturated heterocycles. The van der Waals surface area contributed by atoms with Crippen molar-refractivity contribution in [3.63, 3.8) is 0 Å². The van der Waals surface area contributed by atoms with Crippen molar-refractivity contribution in [2.75, 3.05) is 0 Å². The van der Waals surface area contributed by atoms with Gasteiger partial charge in [0.05, 0.1) is 0 Å². The van der Waals surface area contributed by atoms with Gasteiger partial charge in [-0.2, -0.15) is 0 Å². The first-order chi connectivity index (χ1) is 40.5. The number of fused-ring (bicyclic) bond motifs is 2. The molecule has 0 N–H and O–H groups in total. The Bertz CT molecular complexity index is 4230. The first-order valence-electron chi connectivity index (χ1n) is 28.6. The van der Waals surface area contributed by atoms with Gasteiger partial charge in [0.15, 0.2) is 24.6 Å². The van der Waals surface area contributed by atoms with Crippen molar-refractivity contribution in [1.82, 2.24) is 15.0 Å². The van der Waals surface area contributed by atoms with Crippen molar-refractivity contribution < 1.29 is 4.57 Å². The molecule has 1 heterocycles. The van der Waals surface area contributed by atoms with Gasteiger partial charge in [-0.15, -0.1) is 0 Å². The highest BCUT2D eigenvalue weighted by Crippen LogP contribution is 2.49. The Hall–Kier alpha value is -9.60. The number of aromatic nitrogens is 3. The third-order valence-corrected chi connectivity index (χ3v) is 20.0. The lowest BCUT2D eigenvalue weighted by Gasteiger charge is -2.39. The van der Waals surface area contributed by atoms with Crippen molar-refractivity contribution in [3.8, 4) is 78.7 Å². The van der Waals surface area contributed by atoms with E-state index in [1.54, 1.807) is 0 Å². The Labute approximate surface area is 479 Å².